The number of amides is 1. The van der Waals surface area contributed by atoms with Gasteiger partial charge in [-0.05, 0) is 14.1 Å². The van der Waals surface area contributed by atoms with Gasteiger partial charge in [-0.15, -0.1) is 0 Å². The van der Waals surface area contributed by atoms with Gasteiger partial charge in [-0.2, -0.15) is 0 Å². The molecule has 0 aromatic rings. The molecule has 0 bridgehead atoms. The van der Waals surface area contributed by atoms with Crippen LogP contribution in [0.1, 0.15) is 6.42 Å². The Bertz CT molecular complexity index is 268. The smallest absolute Gasteiger partial charge is 0.328 e. The molecule has 1 unspecified atom stereocenters. The first-order valence-corrected chi connectivity index (χ1v) is 5.27. The van der Waals surface area contributed by atoms with Crippen molar-refractivity contribution in [1.82, 2.24) is 9.80 Å². The van der Waals surface area contributed by atoms with Crippen molar-refractivity contribution in [3.8, 4) is 0 Å². The Kier molecular flexibility index (Phi) is 4.70. The lowest BCUT2D eigenvalue weighted by Crippen LogP contribution is -2.52. The molecule has 1 heterocycles. The lowest BCUT2D eigenvalue weighted by molar-refractivity contribution is -0.158. The van der Waals surface area contributed by atoms with Crippen LogP contribution in [0.5, 0.6) is 0 Å². The Labute approximate surface area is 94.8 Å². The number of morpholine rings is 1. The fraction of sp³-hybridized carbons (Fsp3) is 0.800. The van der Waals surface area contributed by atoms with Gasteiger partial charge in [0.1, 0.15) is 0 Å². The van der Waals surface area contributed by atoms with Crippen LogP contribution in [0, 0.1) is 0 Å². The molecule has 0 saturated carbocycles. The molecule has 1 aliphatic heterocycles. The normalized spacial score (nSPS) is 21.2. The number of carbonyl (C=O) groups excluding carboxylic acids is 1. The molecule has 1 rings (SSSR count). The minimum Gasteiger partial charge on any atom is -0.480 e. The van der Waals surface area contributed by atoms with Gasteiger partial charge in [0.25, 0.3) is 0 Å². The highest BCUT2D eigenvalue weighted by Gasteiger charge is 2.32. The molecular formula is C10H18N2O4. The molecule has 0 spiro atoms. The molecular weight excluding hydrogens is 212 g/mol. The first-order chi connectivity index (χ1) is 7.52. The summed E-state index contributed by atoms with van der Waals surface area (Å²) in [5.74, 6) is -1.12. The van der Waals surface area contributed by atoms with Gasteiger partial charge < -0.3 is 19.6 Å². The predicted octanol–water partition coefficient (Wildman–Crippen LogP) is -0.750. The van der Waals surface area contributed by atoms with Gasteiger partial charge in [-0.25, -0.2) is 4.79 Å². The van der Waals surface area contributed by atoms with Gasteiger partial charge in [0.2, 0.25) is 5.91 Å². The summed E-state index contributed by atoms with van der Waals surface area (Å²) >= 11 is 0. The van der Waals surface area contributed by atoms with Crippen LogP contribution < -0.4 is 0 Å². The van der Waals surface area contributed by atoms with E-state index in [1.54, 1.807) is 0 Å². The Balaban J connectivity index is 2.54. The fourth-order valence-electron chi connectivity index (χ4n) is 1.57. The summed E-state index contributed by atoms with van der Waals surface area (Å²) in [4.78, 5) is 26.0. The van der Waals surface area contributed by atoms with Crippen molar-refractivity contribution in [2.45, 2.75) is 12.5 Å². The Morgan fingerprint density at radius 2 is 2.19 bits per heavy atom. The molecule has 6 heteroatoms. The maximum atomic E-state index is 11.8. The second kappa shape index (κ2) is 5.81. The van der Waals surface area contributed by atoms with Crippen LogP contribution in [0.25, 0.3) is 0 Å². The van der Waals surface area contributed by atoms with Gasteiger partial charge in [0.05, 0.1) is 13.2 Å². The van der Waals surface area contributed by atoms with E-state index in [2.05, 4.69) is 0 Å². The number of hydrogen-bond donors (Lipinski definition) is 1. The monoisotopic (exact) mass is 230 g/mol. The first-order valence-electron chi connectivity index (χ1n) is 5.27. The minimum atomic E-state index is -1.00. The Morgan fingerprint density at radius 1 is 1.50 bits per heavy atom. The third-order valence-corrected chi connectivity index (χ3v) is 2.51. The topological polar surface area (TPSA) is 70.1 Å². The highest BCUT2D eigenvalue weighted by Crippen LogP contribution is 2.09. The van der Waals surface area contributed by atoms with E-state index < -0.39 is 12.0 Å². The third kappa shape index (κ3) is 3.46. The number of carbonyl (C=O) groups is 2. The van der Waals surface area contributed by atoms with E-state index in [1.807, 2.05) is 19.0 Å². The average Bonchev–Trinajstić information content (AvgIpc) is 2.25. The van der Waals surface area contributed by atoms with Crippen LogP contribution in [0.4, 0.5) is 0 Å². The van der Waals surface area contributed by atoms with Gasteiger partial charge >= 0.3 is 5.97 Å². The van der Waals surface area contributed by atoms with Crippen molar-refractivity contribution < 1.29 is 19.4 Å². The Hall–Kier alpha value is -1.14. The summed E-state index contributed by atoms with van der Waals surface area (Å²) in [5.41, 5.74) is 0. The molecule has 0 aromatic carbocycles. The molecule has 1 fully saturated rings. The summed E-state index contributed by atoms with van der Waals surface area (Å²) in [6.45, 7) is 1.49. The molecule has 1 atom stereocenters. The summed E-state index contributed by atoms with van der Waals surface area (Å²) in [5, 5.41) is 8.95. The van der Waals surface area contributed by atoms with Crippen LogP contribution in [0.15, 0.2) is 0 Å². The van der Waals surface area contributed by atoms with E-state index >= 15 is 0 Å². The number of rotatable bonds is 4. The fourth-order valence-corrected chi connectivity index (χ4v) is 1.57. The van der Waals surface area contributed by atoms with Crippen LogP contribution in [-0.4, -0.2) is 73.2 Å². The number of aliphatic carboxylic acids is 1. The zero-order chi connectivity index (χ0) is 12.1. The van der Waals surface area contributed by atoms with E-state index in [9.17, 15) is 9.59 Å². The zero-order valence-corrected chi connectivity index (χ0v) is 9.68. The molecule has 0 aromatic heterocycles. The molecule has 1 N–H and O–H groups in total. The van der Waals surface area contributed by atoms with Gasteiger partial charge in [-0.3, -0.25) is 4.79 Å². The van der Waals surface area contributed by atoms with Gasteiger partial charge in [0, 0.05) is 19.5 Å². The van der Waals surface area contributed by atoms with Crippen LogP contribution in [0.2, 0.25) is 0 Å². The van der Waals surface area contributed by atoms with Crippen molar-refractivity contribution in [3.63, 3.8) is 0 Å². The number of hydrogen-bond acceptors (Lipinski definition) is 4. The highest BCUT2D eigenvalue weighted by molar-refractivity contribution is 5.84. The number of carboxylic acids is 1. The van der Waals surface area contributed by atoms with Crippen molar-refractivity contribution in [1.29, 1.82) is 0 Å². The SMILES string of the molecule is CN(C)CCC(=O)N1CCOCC1C(=O)O. The van der Waals surface area contributed by atoms with Crippen molar-refractivity contribution >= 4 is 11.9 Å². The molecule has 0 aliphatic carbocycles. The van der Waals surface area contributed by atoms with E-state index in [0.29, 0.717) is 26.1 Å². The lowest BCUT2D eigenvalue weighted by Gasteiger charge is -2.33. The average molecular weight is 230 g/mol. The number of carboxylic acid groups (broad SMARTS) is 1. The minimum absolute atomic E-state index is 0.0863. The van der Waals surface area contributed by atoms with Crippen LogP contribution in [0.3, 0.4) is 0 Å². The quantitative estimate of drug-likeness (QED) is 0.688. The molecule has 92 valence electrons. The zero-order valence-electron chi connectivity index (χ0n) is 9.68. The number of ether oxygens (including phenoxy) is 1. The maximum absolute atomic E-state index is 11.8. The largest absolute Gasteiger partial charge is 0.480 e. The molecule has 6 nitrogen and oxygen atoms in total. The molecule has 1 amide bonds. The molecule has 0 radical (unpaired) electrons. The molecule has 1 aliphatic rings. The summed E-state index contributed by atoms with van der Waals surface area (Å²) in [7, 11) is 3.75. The second-order valence-corrected chi connectivity index (χ2v) is 4.07. The second-order valence-electron chi connectivity index (χ2n) is 4.07. The van der Waals surface area contributed by atoms with Crippen molar-refractivity contribution in [2.75, 3.05) is 40.4 Å². The summed E-state index contributed by atoms with van der Waals surface area (Å²) in [6.07, 6.45) is 0.344. The third-order valence-electron chi connectivity index (χ3n) is 2.51. The standard InChI is InChI=1S/C10H18N2O4/c1-11(2)4-3-9(13)12-5-6-16-7-8(12)10(14)15/h8H,3-7H2,1-2H3,(H,14,15). The Morgan fingerprint density at radius 3 is 2.75 bits per heavy atom. The first kappa shape index (κ1) is 12.9. The van der Waals surface area contributed by atoms with Crippen molar-refractivity contribution in [2.24, 2.45) is 0 Å². The lowest BCUT2D eigenvalue weighted by atomic mass is 10.2. The molecule has 1 saturated heterocycles. The van der Waals surface area contributed by atoms with E-state index in [0.717, 1.165) is 0 Å². The van der Waals surface area contributed by atoms with Crippen molar-refractivity contribution in [3.05, 3.63) is 0 Å². The maximum Gasteiger partial charge on any atom is 0.328 e. The van der Waals surface area contributed by atoms with Crippen LogP contribution in [-0.2, 0) is 14.3 Å². The molecule has 16 heavy (non-hydrogen) atoms. The van der Waals surface area contributed by atoms with E-state index in [4.69, 9.17) is 9.84 Å². The summed E-state index contributed by atoms with van der Waals surface area (Å²) < 4.78 is 5.06. The highest BCUT2D eigenvalue weighted by atomic mass is 16.5. The predicted molar refractivity (Wildman–Crippen MR) is 57.1 cm³/mol. The van der Waals surface area contributed by atoms with Crippen LogP contribution >= 0.6 is 0 Å². The number of nitrogens with zero attached hydrogens (tertiary/aromatic N) is 2. The van der Waals surface area contributed by atoms with E-state index in [1.165, 1.54) is 4.90 Å². The van der Waals surface area contributed by atoms with E-state index in [-0.39, 0.29) is 12.5 Å². The van der Waals surface area contributed by atoms with Gasteiger partial charge in [-0.1, -0.05) is 0 Å². The summed E-state index contributed by atoms with van der Waals surface area (Å²) in [6, 6.07) is -0.830. The van der Waals surface area contributed by atoms with Gasteiger partial charge in [0.15, 0.2) is 6.04 Å².